The van der Waals surface area contributed by atoms with Crippen molar-refractivity contribution in [2.24, 2.45) is 0 Å². The van der Waals surface area contributed by atoms with Crippen LogP contribution in [0.2, 0.25) is 0 Å². The van der Waals surface area contributed by atoms with E-state index >= 15 is 0 Å². The molecular weight excluding hydrogens is 250 g/mol. The van der Waals surface area contributed by atoms with Crippen molar-refractivity contribution in [3.8, 4) is 0 Å². The number of amides is 2. The van der Waals surface area contributed by atoms with Gasteiger partial charge >= 0.3 is 0 Å². The highest BCUT2D eigenvalue weighted by atomic mass is 16.2. The zero-order valence-electron chi connectivity index (χ0n) is 11.5. The molecule has 0 spiro atoms. The number of nitrogens with zero attached hydrogens (tertiary/aromatic N) is 1. The van der Waals surface area contributed by atoms with Crippen molar-refractivity contribution in [1.82, 2.24) is 0 Å². The highest BCUT2D eigenvalue weighted by Gasteiger charge is 2.36. The fraction of sp³-hybridized carbons (Fsp3) is 0.176. The van der Waals surface area contributed by atoms with Crippen LogP contribution < -0.4 is 4.90 Å². The van der Waals surface area contributed by atoms with Crippen LogP contribution in [0.4, 0.5) is 5.69 Å². The molecule has 1 heterocycles. The van der Waals surface area contributed by atoms with Crippen LogP contribution in [-0.2, 0) is 6.42 Å². The first-order chi connectivity index (χ1) is 9.61. The van der Waals surface area contributed by atoms with Crippen molar-refractivity contribution in [3.05, 3.63) is 64.7 Å². The molecule has 0 radical (unpaired) electrons. The van der Waals surface area contributed by atoms with E-state index in [2.05, 4.69) is 6.92 Å². The average Bonchev–Trinajstić information content (AvgIpc) is 2.71. The molecule has 3 nitrogen and oxygen atoms in total. The Morgan fingerprint density at radius 2 is 1.55 bits per heavy atom. The molecule has 0 fully saturated rings. The third-order valence-electron chi connectivity index (χ3n) is 3.64. The lowest BCUT2D eigenvalue weighted by atomic mass is 10.1. The number of carbonyl (C=O) groups is 2. The predicted octanol–water partition coefficient (Wildman–Crippen LogP) is 3.36. The molecule has 2 aromatic rings. The number of hydrogen-bond donors (Lipinski definition) is 0. The first kappa shape index (κ1) is 12.6. The SMILES string of the molecule is CCc1ccc(N2C(=O)c3ccc(C)cc3C2=O)cc1. The summed E-state index contributed by atoms with van der Waals surface area (Å²) in [7, 11) is 0. The number of hydrogen-bond acceptors (Lipinski definition) is 2. The van der Waals surface area contributed by atoms with Gasteiger partial charge in [0.15, 0.2) is 0 Å². The molecule has 0 saturated heterocycles. The summed E-state index contributed by atoms with van der Waals surface area (Å²) in [5.74, 6) is -0.479. The third-order valence-corrected chi connectivity index (χ3v) is 3.64. The second-order valence-electron chi connectivity index (χ2n) is 5.01. The molecule has 1 aliphatic heterocycles. The Morgan fingerprint density at radius 3 is 2.20 bits per heavy atom. The van der Waals surface area contributed by atoms with Gasteiger partial charge in [0.05, 0.1) is 16.8 Å². The summed E-state index contributed by atoms with van der Waals surface area (Å²) in [6, 6.07) is 12.9. The van der Waals surface area contributed by atoms with E-state index < -0.39 is 0 Å². The van der Waals surface area contributed by atoms with Crippen molar-refractivity contribution in [3.63, 3.8) is 0 Å². The van der Waals surface area contributed by atoms with Gasteiger partial charge in [0.25, 0.3) is 11.8 Å². The molecule has 0 saturated carbocycles. The molecule has 0 unspecified atom stereocenters. The maximum atomic E-state index is 12.4. The van der Waals surface area contributed by atoms with Crippen molar-refractivity contribution in [2.45, 2.75) is 20.3 Å². The molecule has 100 valence electrons. The van der Waals surface area contributed by atoms with Gasteiger partial charge in [-0.15, -0.1) is 0 Å². The number of fused-ring (bicyclic) bond motifs is 1. The van der Waals surface area contributed by atoms with E-state index in [1.165, 1.54) is 10.5 Å². The lowest BCUT2D eigenvalue weighted by Crippen LogP contribution is -2.29. The monoisotopic (exact) mass is 265 g/mol. The van der Waals surface area contributed by atoms with Gasteiger partial charge in [0, 0.05) is 0 Å². The smallest absolute Gasteiger partial charge is 0.266 e. The van der Waals surface area contributed by atoms with Crippen molar-refractivity contribution in [2.75, 3.05) is 4.90 Å². The molecule has 0 aliphatic carbocycles. The second kappa shape index (κ2) is 4.60. The number of benzene rings is 2. The van der Waals surface area contributed by atoms with Gasteiger partial charge in [-0.2, -0.15) is 0 Å². The van der Waals surface area contributed by atoms with Gasteiger partial charge in [0.1, 0.15) is 0 Å². The molecule has 0 bridgehead atoms. The van der Waals surface area contributed by atoms with E-state index in [4.69, 9.17) is 0 Å². The van der Waals surface area contributed by atoms with Crippen LogP contribution in [-0.4, -0.2) is 11.8 Å². The van der Waals surface area contributed by atoms with Gasteiger partial charge in [-0.1, -0.05) is 30.7 Å². The number of rotatable bonds is 2. The van der Waals surface area contributed by atoms with Crippen LogP contribution in [0.25, 0.3) is 0 Å². The Labute approximate surface area is 117 Å². The lowest BCUT2D eigenvalue weighted by Gasteiger charge is -2.14. The van der Waals surface area contributed by atoms with Gasteiger partial charge in [0.2, 0.25) is 0 Å². The zero-order valence-corrected chi connectivity index (χ0v) is 11.5. The van der Waals surface area contributed by atoms with Gasteiger partial charge < -0.3 is 0 Å². The second-order valence-corrected chi connectivity index (χ2v) is 5.01. The standard InChI is InChI=1S/C17H15NO2/c1-3-12-5-7-13(8-6-12)18-16(19)14-9-4-11(2)10-15(14)17(18)20/h4-10H,3H2,1-2H3. The molecule has 3 heteroatoms. The topological polar surface area (TPSA) is 37.4 Å². The normalized spacial score (nSPS) is 13.8. The minimum Gasteiger partial charge on any atom is -0.268 e. The van der Waals surface area contributed by atoms with Crippen LogP contribution in [0.15, 0.2) is 42.5 Å². The summed E-state index contributed by atoms with van der Waals surface area (Å²) in [4.78, 5) is 26.1. The van der Waals surface area contributed by atoms with Crippen LogP contribution >= 0.6 is 0 Å². The third kappa shape index (κ3) is 1.83. The molecular formula is C17H15NO2. The first-order valence-electron chi connectivity index (χ1n) is 6.70. The van der Waals surface area contributed by atoms with E-state index in [1.807, 2.05) is 37.3 Å². The molecule has 0 N–H and O–H groups in total. The highest BCUT2D eigenvalue weighted by Crippen LogP contribution is 2.29. The average molecular weight is 265 g/mol. The van der Waals surface area contributed by atoms with E-state index in [-0.39, 0.29) is 11.8 Å². The number of imide groups is 1. The fourth-order valence-electron chi connectivity index (χ4n) is 2.47. The minimum absolute atomic E-state index is 0.238. The van der Waals surface area contributed by atoms with E-state index in [0.717, 1.165) is 12.0 Å². The fourth-order valence-corrected chi connectivity index (χ4v) is 2.47. The largest absolute Gasteiger partial charge is 0.268 e. The molecule has 1 aliphatic rings. The Balaban J connectivity index is 2.04. The van der Waals surface area contributed by atoms with Crippen molar-refractivity contribution in [1.29, 1.82) is 0 Å². The Bertz CT molecular complexity index is 701. The number of carbonyl (C=O) groups excluding carboxylic acids is 2. The molecule has 0 atom stereocenters. The molecule has 0 aromatic heterocycles. The van der Waals surface area contributed by atoms with E-state index in [1.54, 1.807) is 12.1 Å². The maximum absolute atomic E-state index is 12.4. The lowest BCUT2D eigenvalue weighted by molar-refractivity contribution is 0.0926. The van der Waals surface area contributed by atoms with Crippen LogP contribution in [0.5, 0.6) is 0 Å². The highest BCUT2D eigenvalue weighted by molar-refractivity contribution is 6.34. The summed E-state index contributed by atoms with van der Waals surface area (Å²) in [5, 5.41) is 0. The summed E-state index contributed by atoms with van der Waals surface area (Å²) in [5.41, 5.74) is 3.77. The van der Waals surface area contributed by atoms with E-state index in [0.29, 0.717) is 16.8 Å². The van der Waals surface area contributed by atoms with Crippen LogP contribution in [0.1, 0.15) is 38.8 Å². The predicted molar refractivity (Wildman–Crippen MR) is 78.1 cm³/mol. The molecule has 20 heavy (non-hydrogen) atoms. The Kier molecular flexibility index (Phi) is 2.90. The molecule has 3 rings (SSSR count). The first-order valence-corrected chi connectivity index (χ1v) is 6.70. The van der Waals surface area contributed by atoms with Crippen LogP contribution in [0.3, 0.4) is 0 Å². The Morgan fingerprint density at radius 1 is 0.900 bits per heavy atom. The number of anilines is 1. The van der Waals surface area contributed by atoms with Crippen LogP contribution in [0, 0.1) is 6.92 Å². The van der Waals surface area contributed by atoms with E-state index in [9.17, 15) is 9.59 Å². The number of aryl methyl sites for hydroxylation is 2. The summed E-state index contributed by atoms with van der Waals surface area (Å²) >= 11 is 0. The molecule has 2 amide bonds. The summed E-state index contributed by atoms with van der Waals surface area (Å²) in [6.07, 6.45) is 0.932. The van der Waals surface area contributed by atoms with Gasteiger partial charge in [-0.3, -0.25) is 9.59 Å². The van der Waals surface area contributed by atoms with Crippen molar-refractivity contribution >= 4 is 17.5 Å². The molecule has 2 aromatic carbocycles. The minimum atomic E-state index is -0.241. The maximum Gasteiger partial charge on any atom is 0.266 e. The van der Waals surface area contributed by atoms with Gasteiger partial charge in [-0.05, 0) is 43.2 Å². The zero-order chi connectivity index (χ0) is 14.3. The van der Waals surface area contributed by atoms with Crippen molar-refractivity contribution < 1.29 is 9.59 Å². The Hall–Kier alpha value is -2.42. The quantitative estimate of drug-likeness (QED) is 0.781. The summed E-state index contributed by atoms with van der Waals surface area (Å²) in [6.45, 7) is 3.98. The van der Waals surface area contributed by atoms with Gasteiger partial charge in [-0.25, -0.2) is 4.90 Å². The summed E-state index contributed by atoms with van der Waals surface area (Å²) < 4.78 is 0.